The molecule has 1 amide bonds. The third kappa shape index (κ3) is 3.14. The van der Waals surface area contributed by atoms with Crippen LogP contribution in [0.2, 0.25) is 0 Å². The van der Waals surface area contributed by atoms with Gasteiger partial charge in [-0.3, -0.25) is 9.59 Å². The highest BCUT2D eigenvalue weighted by molar-refractivity contribution is 6.08. The summed E-state index contributed by atoms with van der Waals surface area (Å²) in [7, 11) is 1.53. The number of aliphatic hydroxyl groups excluding tert-OH is 1. The van der Waals surface area contributed by atoms with Gasteiger partial charge in [-0.1, -0.05) is 0 Å². The first-order chi connectivity index (χ1) is 10.9. The summed E-state index contributed by atoms with van der Waals surface area (Å²) >= 11 is 0. The minimum Gasteiger partial charge on any atom is -0.508 e. The molecular weight excluding hydrogens is 302 g/mol. The highest BCUT2D eigenvalue weighted by atomic mass is 16.5. The molecule has 0 saturated carbocycles. The summed E-state index contributed by atoms with van der Waals surface area (Å²) < 4.78 is 4.95. The van der Waals surface area contributed by atoms with Crippen LogP contribution in [-0.2, 0) is 14.3 Å². The zero-order valence-corrected chi connectivity index (χ0v) is 12.9. The second-order valence-electron chi connectivity index (χ2n) is 5.31. The number of benzene rings is 1. The summed E-state index contributed by atoms with van der Waals surface area (Å²) in [4.78, 5) is 25.5. The van der Waals surface area contributed by atoms with E-state index >= 15 is 0 Å². The Morgan fingerprint density at radius 1 is 1.30 bits per heavy atom. The van der Waals surface area contributed by atoms with E-state index < -0.39 is 23.5 Å². The summed E-state index contributed by atoms with van der Waals surface area (Å²) in [6.45, 7) is 1.91. The van der Waals surface area contributed by atoms with Gasteiger partial charge in [-0.2, -0.15) is 0 Å². The van der Waals surface area contributed by atoms with E-state index in [0.717, 1.165) is 6.07 Å². The van der Waals surface area contributed by atoms with Crippen LogP contribution in [-0.4, -0.2) is 52.2 Å². The molecule has 0 aliphatic carbocycles. The molecule has 7 heteroatoms. The number of carbonyl (C=O) groups is 2. The van der Waals surface area contributed by atoms with Crippen molar-refractivity contribution in [1.29, 1.82) is 0 Å². The molecule has 2 rings (SSSR count). The van der Waals surface area contributed by atoms with Gasteiger partial charge in [0, 0.05) is 31.9 Å². The van der Waals surface area contributed by atoms with Gasteiger partial charge in [-0.25, -0.2) is 0 Å². The second-order valence-corrected chi connectivity index (χ2v) is 5.31. The Labute approximate surface area is 133 Å². The number of ether oxygens (including phenoxy) is 1. The van der Waals surface area contributed by atoms with Crippen LogP contribution in [0.1, 0.15) is 24.9 Å². The average Bonchev–Trinajstić information content (AvgIpc) is 2.72. The topological polar surface area (TPSA) is 107 Å². The number of phenolic OH excluding ortho intramolecular Hbond substituents is 2. The van der Waals surface area contributed by atoms with Crippen molar-refractivity contribution in [2.24, 2.45) is 0 Å². The van der Waals surface area contributed by atoms with Gasteiger partial charge in [0.15, 0.2) is 11.5 Å². The second kappa shape index (κ2) is 6.70. The van der Waals surface area contributed by atoms with E-state index in [2.05, 4.69) is 0 Å². The van der Waals surface area contributed by atoms with Crippen LogP contribution in [0, 0.1) is 0 Å². The molecule has 0 aromatic heterocycles. The molecule has 0 fully saturated rings. The number of methoxy groups -OCH3 is 1. The van der Waals surface area contributed by atoms with Gasteiger partial charge in [-0.15, -0.1) is 0 Å². The monoisotopic (exact) mass is 321 g/mol. The molecule has 1 aromatic rings. The number of aromatic hydroxyl groups is 2. The van der Waals surface area contributed by atoms with Crippen molar-refractivity contribution in [2.75, 3.05) is 20.3 Å². The van der Waals surface area contributed by atoms with E-state index in [1.165, 1.54) is 31.1 Å². The van der Waals surface area contributed by atoms with Crippen LogP contribution < -0.4 is 0 Å². The highest BCUT2D eigenvalue weighted by Gasteiger charge is 2.43. The molecule has 1 atom stereocenters. The molecule has 124 valence electrons. The molecule has 7 nitrogen and oxygen atoms in total. The fourth-order valence-corrected chi connectivity index (χ4v) is 2.71. The molecule has 1 heterocycles. The number of nitrogens with zero attached hydrogens (tertiary/aromatic N) is 1. The van der Waals surface area contributed by atoms with Crippen molar-refractivity contribution in [1.82, 2.24) is 4.90 Å². The lowest BCUT2D eigenvalue weighted by Crippen LogP contribution is -2.32. The number of phenols is 2. The van der Waals surface area contributed by atoms with Crippen molar-refractivity contribution >= 4 is 11.7 Å². The Morgan fingerprint density at radius 2 is 2.00 bits per heavy atom. The van der Waals surface area contributed by atoms with Gasteiger partial charge >= 0.3 is 0 Å². The first-order valence-electron chi connectivity index (χ1n) is 7.14. The molecule has 3 N–H and O–H groups in total. The maximum Gasteiger partial charge on any atom is 0.290 e. The Balaban J connectivity index is 2.47. The van der Waals surface area contributed by atoms with Crippen molar-refractivity contribution in [3.05, 3.63) is 35.1 Å². The van der Waals surface area contributed by atoms with E-state index in [-0.39, 0.29) is 29.2 Å². The molecule has 1 aliphatic rings. The Morgan fingerprint density at radius 3 is 2.57 bits per heavy atom. The van der Waals surface area contributed by atoms with Crippen molar-refractivity contribution in [2.45, 2.75) is 19.4 Å². The number of carbonyl (C=O) groups excluding carboxylic acids is 2. The lowest BCUT2D eigenvalue weighted by atomic mass is 9.95. The zero-order chi connectivity index (χ0) is 17.1. The number of rotatable bonds is 6. The third-order valence-electron chi connectivity index (χ3n) is 3.74. The molecule has 1 unspecified atom stereocenters. The van der Waals surface area contributed by atoms with Crippen molar-refractivity contribution in [3.8, 4) is 11.5 Å². The van der Waals surface area contributed by atoms with Crippen molar-refractivity contribution in [3.63, 3.8) is 0 Å². The van der Waals surface area contributed by atoms with Crippen molar-refractivity contribution < 1.29 is 29.6 Å². The van der Waals surface area contributed by atoms with Crippen LogP contribution in [0.25, 0.3) is 0 Å². The molecule has 0 bridgehead atoms. The van der Waals surface area contributed by atoms with Gasteiger partial charge in [0.25, 0.3) is 5.91 Å². The molecule has 0 radical (unpaired) electrons. The average molecular weight is 321 g/mol. The number of Topliss-reactive ketones (excluding diaryl/α,β-unsaturated/α-hetero) is 1. The fraction of sp³-hybridized carbons (Fsp3) is 0.375. The first-order valence-corrected chi connectivity index (χ1v) is 7.14. The number of hydrogen-bond donors (Lipinski definition) is 3. The summed E-state index contributed by atoms with van der Waals surface area (Å²) in [5, 5.41) is 29.5. The molecule has 1 aliphatic heterocycles. The Bertz CT molecular complexity index is 667. The van der Waals surface area contributed by atoms with E-state index in [4.69, 9.17) is 4.74 Å². The Kier molecular flexibility index (Phi) is 4.90. The molecule has 0 saturated heterocycles. The van der Waals surface area contributed by atoms with Crippen LogP contribution in [0.15, 0.2) is 29.5 Å². The summed E-state index contributed by atoms with van der Waals surface area (Å²) in [6, 6.07) is 3.01. The van der Waals surface area contributed by atoms with Crippen LogP contribution in [0.5, 0.6) is 11.5 Å². The minimum absolute atomic E-state index is 0.0617. The number of hydrogen-bond acceptors (Lipinski definition) is 6. The van der Waals surface area contributed by atoms with E-state index in [1.807, 2.05) is 0 Å². The van der Waals surface area contributed by atoms with E-state index in [1.54, 1.807) is 0 Å². The van der Waals surface area contributed by atoms with Crippen LogP contribution in [0.4, 0.5) is 0 Å². The zero-order valence-electron chi connectivity index (χ0n) is 12.9. The smallest absolute Gasteiger partial charge is 0.290 e. The van der Waals surface area contributed by atoms with E-state index in [9.17, 15) is 24.9 Å². The Hall–Kier alpha value is -2.54. The van der Waals surface area contributed by atoms with Gasteiger partial charge in [0.2, 0.25) is 0 Å². The summed E-state index contributed by atoms with van der Waals surface area (Å²) in [5.74, 6) is -2.12. The van der Waals surface area contributed by atoms with Gasteiger partial charge in [-0.05, 0) is 25.5 Å². The maximum absolute atomic E-state index is 12.3. The van der Waals surface area contributed by atoms with Gasteiger partial charge in [0.1, 0.15) is 11.5 Å². The molecular formula is C16H19NO6. The fourth-order valence-electron chi connectivity index (χ4n) is 2.71. The van der Waals surface area contributed by atoms with E-state index in [0.29, 0.717) is 13.0 Å². The normalized spacial score (nSPS) is 17.9. The predicted octanol–water partition coefficient (Wildman–Crippen LogP) is 1.42. The SMILES string of the molecule is COCCCN1C(=O)C(O)=C(C(C)=O)C1c1ccc(O)cc1O. The highest BCUT2D eigenvalue weighted by Crippen LogP contribution is 2.41. The summed E-state index contributed by atoms with van der Waals surface area (Å²) in [6.07, 6.45) is 0.510. The standard InChI is InChI=1S/C16H19NO6/c1-9(18)13-14(11-5-4-10(19)8-12(11)20)17(6-3-7-23-2)16(22)15(13)21/h4-5,8,14,19-21H,3,6-7H2,1-2H3. The number of aliphatic hydroxyl groups is 1. The lowest BCUT2D eigenvalue weighted by molar-refractivity contribution is -0.129. The summed E-state index contributed by atoms with van der Waals surface area (Å²) in [5.41, 5.74) is 0.205. The maximum atomic E-state index is 12.3. The first kappa shape index (κ1) is 16.8. The number of ketones is 1. The third-order valence-corrected chi connectivity index (χ3v) is 3.74. The van der Waals surface area contributed by atoms with Crippen LogP contribution in [0.3, 0.4) is 0 Å². The molecule has 1 aromatic carbocycles. The minimum atomic E-state index is -0.891. The quantitative estimate of drug-likeness (QED) is 0.684. The molecule has 23 heavy (non-hydrogen) atoms. The largest absolute Gasteiger partial charge is 0.508 e. The van der Waals surface area contributed by atoms with Gasteiger partial charge in [0.05, 0.1) is 11.6 Å². The predicted molar refractivity (Wildman–Crippen MR) is 81.1 cm³/mol. The number of amides is 1. The van der Waals surface area contributed by atoms with Gasteiger partial charge < -0.3 is 25.0 Å². The van der Waals surface area contributed by atoms with Crippen LogP contribution >= 0.6 is 0 Å². The lowest BCUT2D eigenvalue weighted by Gasteiger charge is -2.27. The molecule has 0 spiro atoms.